The highest BCUT2D eigenvalue weighted by Gasteiger charge is 2.19. The van der Waals surface area contributed by atoms with Crippen LogP contribution in [-0.2, 0) is 16.1 Å². The zero-order chi connectivity index (χ0) is 18.3. The number of nitrogens with one attached hydrogen (secondary N) is 1. The van der Waals surface area contributed by atoms with Gasteiger partial charge in [0.15, 0.2) is 11.5 Å². The monoisotopic (exact) mass is 340 g/mol. The van der Waals surface area contributed by atoms with Crippen LogP contribution in [0.2, 0.25) is 0 Å². The standard InChI is InChI=1S/C16H24N2O6/c1-10(16(20)21)18(2)9-15(19)17-8-11-6-13(23-4)14(24-5)7-12(11)22-3/h6-7,10H,8-9H2,1-5H3,(H,17,19)(H,20,21). The molecule has 0 aromatic heterocycles. The van der Waals surface area contributed by atoms with E-state index in [-0.39, 0.29) is 19.0 Å². The Morgan fingerprint density at radius 1 is 1.12 bits per heavy atom. The molecule has 8 heteroatoms. The summed E-state index contributed by atoms with van der Waals surface area (Å²) in [5.74, 6) is 0.341. The van der Waals surface area contributed by atoms with E-state index in [0.717, 1.165) is 5.56 Å². The van der Waals surface area contributed by atoms with Crippen LogP contribution in [0.15, 0.2) is 12.1 Å². The van der Waals surface area contributed by atoms with Crippen LogP contribution < -0.4 is 19.5 Å². The number of aliphatic carboxylic acids is 1. The molecule has 0 aliphatic carbocycles. The van der Waals surface area contributed by atoms with Crippen molar-refractivity contribution in [3.63, 3.8) is 0 Å². The van der Waals surface area contributed by atoms with Crippen molar-refractivity contribution in [1.29, 1.82) is 0 Å². The van der Waals surface area contributed by atoms with Crippen molar-refractivity contribution < 1.29 is 28.9 Å². The van der Waals surface area contributed by atoms with Crippen LogP contribution in [0.4, 0.5) is 0 Å². The Balaban J connectivity index is 2.76. The van der Waals surface area contributed by atoms with Gasteiger partial charge in [-0.05, 0) is 20.0 Å². The SMILES string of the molecule is COc1cc(OC)c(OC)cc1CNC(=O)CN(C)C(C)C(=O)O. The number of nitrogens with zero attached hydrogens (tertiary/aromatic N) is 1. The molecule has 0 spiro atoms. The molecular formula is C16H24N2O6. The molecular weight excluding hydrogens is 316 g/mol. The number of carbonyl (C=O) groups is 2. The van der Waals surface area contributed by atoms with Gasteiger partial charge in [0.25, 0.3) is 0 Å². The Bertz CT molecular complexity index is 590. The minimum atomic E-state index is -0.980. The second-order valence-electron chi connectivity index (χ2n) is 5.23. The summed E-state index contributed by atoms with van der Waals surface area (Å²) in [5.41, 5.74) is 0.720. The Hall–Kier alpha value is -2.48. The quantitative estimate of drug-likeness (QED) is 0.684. The first-order valence-electron chi connectivity index (χ1n) is 7.32. The third-order valence-corrected chi connectivity index (χ3v) is 3.67. The van der Waals surface area contributed by atoms with E-state index >= 15 is 0 Å². The molecule has 0 bridgehead atoms. The summed E-state index contributed by atoms with van der Waals surface area (Å²) >= 11 is 0. The highest BCUT2D eigenvalue weighted by atomic mass is 16.5. The van der Waals surface area contributed by atoms with Gasteiger partial charge in [-0.25, -0.2) is 0 Å². The van der Waals surface area contributed by atoms with Gasteiger partial charge in [0.2, 0.25) is 5.91 Å². The van der Waals surface area contributed by atoms with Crippen molar-refractivity contribution >= 4 is 11.9 Å². The smallest absolute Gasteiger partial charge is 0.320 e. The molecule has 0 aliphatic rings. The largest absolute Gasteiger partial charge is 0.496 e. The van der Waals surface area contributed by atoms with Crippen LogP contribution in [-0.4, -0.2) is 62.8 Å². The van der Waals surface area contributed by atoms with Crippen molar-refractivity contribution in [2.24, 2.45) is 0 Å². The molecule has 1 atom stereocenters. The molecule has 0 heterocycles. The molecule has 1 rings (SSSR count). The van der Waals surface area contributed by atoms with E-state index in [4.69, 9.17) is 19.3 Å². The Morgan fingerprint density at radius 3 is 2.17 bits per heavy atom. The number of rotatable bonds is 9. The van der Waals surface area contributed by atoms with Gasteiger partial charge in [-0.2, -0.15) is 0 Å². The van der Waals surface area contributed by atoms with Gasteiger partial charge < -0.3 is 24.6 Å². The lowest BCUT2D eigenvalue weighted by Gasteiger charge is -2.20. The fourth-order valence-electron chi connectivity index (χ4n) is 2.03. The van der Waals surface area contributed by atoms with Gasteiger partial charge in [0.1, 0.15) is 11.8 Å². The van der Waals surface area contributed by atoms with Crippen molar-refractivity contribution in [2.75, 3.05) is 34.9 Å². The summed E-state index contributed by atoms with van der Waals surface area (Å²) in [7, 11) is 6.15. The number of ether oxygens (including phenoxy) is 3. The summed E-state index contributed by atoms with van der Waals surface area (Å²) in [6.07, 6.45) is 0. The molecule has 0 fully saturated rings. The molecule has 1 aromatic rings. The third kappa shape index (κ3) is 5.02. The van der Waals surface area contributed by atoms with Gasteiger partial charge in [0, 0.05) is 18.2 Å². The maximum Gasteiger partial charge on any atom is 0.320 e. The minimum Gasteiger partial charge on any atom is -0.496 e. The fraction of sp³-hybridized carbons (Fsp3) is 0.500. The van der Waals surface area contributed by atoms with E-state index in [1.807, 2.05) is 0 Å². The van der Waals surface area contributed by atoms with Gasteiger partial charge in [-0.1, -0.05) is 0 Å². The highest BCUT2D eigenvalue weighted by Crippen LogP contribution is 2.34. The maximum atomic E-state index is 12.0. The summed E-state index contributed by atoms with van der Waals surface area (Å²) in [4.78, 5) is 24.3. The zero-order valence-electron chi connectivity index (χ0n) is 14.6. The number of likely N-dealkylation sites (N-methyl/N-ethyl adjacent to an activating group) is 1. The predicted octanol–water partition coefficient (Wildman–Crippen LogP) is 0.734. The van der Waals surface area contributed by atoms with Crippen LogP contribution in [0.25, 0.3) is 0 Å². The molecule has 8 nitrogen and oxygen atoms in total. The second-order valence-corrected chi connectivity index (χ2v) is 5.23. The number of carboxylic acid groups (broad SMARTS) is 1. The van der Waals surface area contributed by atoms with Crippen LogP contribution in [0.3, 0.4) is 0 Å². The molecule has 0 saturated carbocycles. The summed E-state index contributed by atoms with van der Waals surface area (Å²) in [6, 6.07) is 2.66. The van der Waals surface area contributed by atoms with E-state index in [0.29, 0.717) is 17.2 Å². The van der Waals surface area contributed by atoms with Crippen LogP contribution in [0.1, 0.15) is 12.5 Å². The topological polar surface area (TPSA) is 97.3 Å². The van der Waals surface area contributed by atoms with Crippen molar-refractivity contribution in [3.05, 3.63) is 17.7 Å². The number of methoxy groups -OCH3 is 3. The molecule has 1 unspecified atom stereocenters. The molecule has 1 aromatic carbocycles. The van der Waals surface area contributed by atoms with Gasteiger partial charge in [-0.15, -0.1) is 0 Å². The van der Waals surface area contributed by atoms with Crippen molar-refractivity contribution in [2.45, 2.75) is 19.5 Å². The summed E-state index contributed by atoms with van der Waals surface area (Å²) in [5, 5.41) is 11.7. The first-order chi connectivity index (χ1) is 11.3. The van der Waals surface area contributed by atoms with Crippen molar-refractivity contribution in [1.82, 2.24) is 10.2 Å². The molecule has 134 valence electrons. The van der Waals surface area contributed by atoms with E-state index in [1.54, 1.807) is 19.2 Å². The third-order valence-electron chi connectivity index (χ3n) is 3.67. The Kier molecular flexibility index (Phi) is 7.31. The van der Waals surface area contributed by atoms with E-state index in [2.05, 4.69) is 5.32 Å². The lowest BCUT2D eigenvalue weighted by molar-refractivity contribution is -0.142. The lowest BCUT2D eigenvalue weighted by atomic mass is 10.1. The number of carbonyl (C=O) groups excluding carboxylic acids is 1. The van der Waals surface area contributed by atoms with E-state index in [1.165, 1.54) is 33.2 Å². The van der Waals surface area contributed by atoms with Crippen LogP contribution in [0.5, 0.6) is 17.2 Å². The number of carboxylic acids is 1. The zero-order valence-corrected chi connectivity index (χ0v) is 14.6. The number of hydrogen-bond donors (Lipinski definition) is 2. The summed E-state index contributed by atoms with van der Waals surface area (Å²) in [6.45, 7) is 1.72. The average Bonchev–Trinajstić information content (AvgIpc) is 2.57. The molecule has 0 radical (unpaired) electrons. The first-order valence-corrected chi connectivity index (χ1v) is 7.32. The normalized spacial score (nSPS) is 11.8. The number of benzene rings is 1. The Morgan fingerprint density at radius 2 is 1.67 bits per heavy atom. The predicted molar refractivity (Wildman–Crippen MR) is 87.7 cm³/mol. The molecule has 24 heavy (non-hydrogen) atoms. The molecule has 2 N–H and O–H groups in total. The molecule has 1 amide bonds. The summed E-state index contributed by atoms with van der Waals surface area (Å²) < 4.78 is 15.7. The van der Waals surface area contributed by atoms with E-state index in [9.17, 15) is 9.59 Å². The second kappa shape index (κ2) is 8.97. The molecule has 0 aliphatic heterocycles. The Labute approximate surface area is 141 Å². The fourth-order valence-corrected chi connectivity index (χ4v) is 2.03. The van der Waals surface area contributed by atoms with Crippen LogP contribution in [0, 0.1) is 0 Å². The van der Waals surface area contributed by atoms with Crippen LogP contribution >= 0.6 is 0 Å². The molecule has 0 saturated heterocycles. The van der Waals surface area contributed by atoms with Gasteiger partial charge >= 0.3 is 5.97 Å². The first kappa shape index (κ1) is 19.6. The maximum absolute atomic E-state index is 12.0. The average molecular weight is 340 g/mol. The highest BCUT2D eigenvalue weighted by molar-refractivity contribution is 5.79. The van der Waals surface area contributed by atoms with E-state index < -0.39 is 12.0 Å². The lowest BCUT2D eigenvalue weighted by Crippen LogP contribution is -2.42. The van der Waals surface area contributed by atoms with Gasteiger partial charge in [0.05, 0.1) is 27.9 Å². The van der Waals surface area contributed by atoms with Gasteiger partial charge in [-0.3, -0.25) is 14.5 Å². The number of amides is 1. The number of hydrogen-bond acceptors (Lipinski definition) is 6. The van der Waals surface area contributed by atoms with Crippen molar-refractivity contribution in [3.8, 4) is 17.2 Å². The minimum absolute atomic E-state index is 0.0247.